The first-order valence-corrected chi connectivity index (χ1v) is 6.91. The molecule has 0 heterocycles. The van der Waals surface area contributed by atoms with E-state index in [-0.39, 0.29) is 0 Å². The lowest BCUT2D eigenvalue weighted by Gasteiger charge is -2.19. The number of hydrogen-bond acceptors (Lipinski definition) is 3. The zero-order chi connectivity index (χ0) is 13.8. The van der Waals surface area contributed by atoms with Gasteiger partial charge < -0.3 is 16.0 Å². The number of nitrogens with one attached hydrogen (secondary N) is 1. The average Bonchev–Trinajstić information content (AvgIpc) is 2.37. The van der Waals surface area contributed by atoms with Crippen molar-refractivity contribution in [2.45, 2.75) is 6.54 Å². The maximum atomic E-state index is 5.95. The van der Waals surface area contributed by atoms with E-state index in [9.17, 15) is 0 Å². The molecular weight excluding hydrogens is 302 g/mol. The fraction of sp³-hybridized carbons (Fsp3) is 0.200. The summed E-state index contributed by atoms with van der Waals surface area (Å²) >= 11 is 3.50. The molecule has 3 nitrogen and oxygen atoms in total. The topological polar surface area (TPSA) is 41.3 Å². The van der Waals surface area contributed by atoms with E-state index in [1.807, 2.05) is 44.4 Å². The predicted octanol–water partition coefficient (Wildman–Crippen LogP) is 3.71. The zero-order valence-corrected chi connectivity index (χ0v) is 12.7. The van der Waals surface area contributed by atoms with E-state index < -0.39 is 0 Å². The molecule has 0 aromatic heterocycles. The quantitative estimate of drug-likeness (QED) is 0.844. The molecule has 2 aromatic rings. The normalized spacial score (nSPS) is 10.3. The molecule has 4 heteroatoms. The van der Waals surface area contributed by atoms with Crippen molar-refractivity contribution in [1.82, 2.24) is 0 Å². The van der Waals surface area contributed by atoms with E-state index in [4.69, 9.17) is 5.73 Å². The lowest BCUT2D eigenvalue weighted by atomic mass is 10.1. The second-order valence-corrected chi connectivity index (χ2v) is 5.52. The van der Waals surface area contributed by atoms with Crippen LogP contribution in [-0.2, 0) is 6.54 Å². The summed E-state index contributed by atoms with van der Waals surface area (Å²) in [5.41, 5.74) is 10.1. The molecule has 0 saturated heterocycles. The van der Waals surface area contributed by atoms with Crippen molar-refractivity contribution >= 4 is 33.0 Å². The molecule has 0 aliphatic heterocycles. The first-order valence-electron chi connectivity index (χ1n) is 6.12. The number of nitrogens with two attached hydrogens (primary N) is 1. The molecule has 0 amide bonds. The van der Waals surface area contributed by atoms with Gasteiger partial charge in [-0.1, -0.05) is 34.1 Å². The summed E-state index contributed by atoms with van der Waals surface area (Å²) in [7, 11) is 4.07. The van der Waals surface area contributed by atoms with Crippen LogP contribution in [0, 0.1) is 0 Å². The molecule has 3 N–H and O–H groups in total. The standard InChI is InChI=1S/C15H18BrN3/c1-19(2)15-8-7-12(16)9-14(15)18-10-11-5-3-4-6-13(11)17/h3-9,18H,10,17H2,1-2H3. The van der Waals surface area contributed by atoms with Gasteiger partial charge in [0.2, 0.25) is 0 Å². The second kappa shape index (κ2) is 5.97. The van der Waals surface area contributed by atoms with Gasteiger partial charge >= 0.3 is 0 Å². The molecule has 0 atom stereocenters. The molecule has 0 aliphatic carbocycles. The van der Waals surface area contributed by atoms with Crippen molar-refractivity contribution in [2.75, 3.05) is 30.0 Å². The minimum Gasteiger partial charge on any atom is -0.398 e. The maximum absolute atomic E-state index is 5.95. The summed E-state index contributed by atoms with van der Waals surface area (Å²) in [6.45, 7) is 0.712. The van der Waals surface area contributed by atoms with E-state index in [0.717, 1.165) is 27.1 Å². The Labute approximate surface area is 122 Å². The summed E-state index contributed by atoms with van der Waals surface area (Å²) in [4.78, 5) is 2.09. The van der Waals surface area contributed by atoms with Gasteiger partial charge in [-0.15, -0.1) is 0 Å². The van der Waals surface area contributed by atoms with Crippen molar-refractivity contribution < 1.29 is 0 Å². The Morgan fingerprint density at radius 2 is 1.89 bits per heavy atom. The minimum atomic E-state index is 0.712. The third kappa shape index (κ3) is 3.41. The largest absolute Gasteiger partial charge is 0.398 e. The number of nitrogen functional groups attached to an aromatic ring is 1. The highest BCUT2D eigenvalue weighted by atomic mass is 79.9. The summed E-state index contributed by atoms with van der Waals surface area (Å²) in [6.07, 6.45) is 0. The number of benzene rings is 2. The molecule has 2 rings (SSSR count). The Hall–Kier alpha value is -1.68. The molecule has 100 valence electrons. The van der Waals surface area contributed by atoms with Crippen molar-refractivity contribution in [3.63, 3.8) is 0 Å². The summed E-state index contributed by atoms with van der Waals surface area (Å²) in [5.74, 6) is 0. The van der Waals surface area contributed by atoms with Gasteiger partial charge in [-0.05, 0) is 29.8 Å². The van der Waals surface area contributed by atoms with Crippen LogP contribution >= 0.6 is 15.9 Å². The molecule has 0 spiro atoms. The van der Waals surface area contributed by atoms with Crippen LogP contribution < -0.4 is 16.0 Å². The molecule has 0 unspecified atom stereocenters. The third-order valence-electron chi connectivity index (χ3n) is 2.96. The Balaban J connectivity index is 2.19. The lowest BCUT2D eigenvalue weighted by Crippen LogP contribution is -2.12. The summed E-state index contributed by atoms with van der Waals surface area (Å²) < 4.78 is 1.06. The number of rotatable bonds is 4. The fourth-order valence-corrected chi connectivity index (χ4v) is 2.29. The van der Waals surface area contributed by atoms with Crippen LogP contribution in [0.15, 0.2) is 46.9 Å². The number of halogens is 1. The molecule has 0 bridgehead atoms. The fourth-order valence-electron chi connectivity index (χ4n) is 1.93. The minimum absolute atomic E-state index is 0.712. The Morgan fingerprint density at radius 1 is 1.16 bits per heavy atom. The molecular formula is C15H18BrN3. The zero-order valence-electron chi connectivity index (χ0n) is 11.2. The SMILES string of the molecule is CN(C)c1ccc(Br)cc1NCc1ccccc1N. The van der Waals surface area contributed by atoms with E-state index in [2.05, 4.69) is 38.3 Å². The highest BCUT2D eigenvalue weighted by Gasteiger charge is 2.06. The number of hydrogen-bond donors (Lipinski definition) is 2. The molecule has 0 saturated carbocycles. The van der Waals surface area contributed by atoms with Crippen molar-refractivity contribution in [3.8, 4) is 0 Å². The second-order valence-electron chi connectivity index (χ2n) is 4.61. The van der Waals surface area contributed by atoms with Crippen molar-refractivity contribution in [1.29, 1.82) is 0 Å². The average molecular weight is 320 g/mol. The van der Waals surface area contributed by atoms with Crippen LogP contribution in [0.2, 0.25) is 0 Å². The Bertz CT molecular complexity index is 567. The highest BCUT2D eigenvalue weighted by Crippen LogP contribution is 2.28. The van der Waals surface area contributed by atoms with Gasteiger partial charge in [-0.3, -0.25) is 0 Å². The highest BCUT2D eigenvalue weighted by molar-refractivity contribution is 9.10. The summed E-state index contributed by atoms with van der Waals surface area (Å²) in [6, 6.07) is 14.1. The van der Waals surface area contributed by atoms with Gasteiger partial charge in [0.25, 0.3) is 0 Å². The van der Waals surface area contributed by atoms with Gasteiger partial charge in [-0.2, -0.15) is 0 Å². The monoisotopic (exact) mass is 319 g/mol. The molecule has 0 aliphatic rings. The first kappa shape index (κ1) is 13.7. The lowest BCUT2D eigenvalue weighted by molar-refractivity contribution is 1.10. The molecule has 19 heavy (non-hydrogen) atoms. The van der Waals surface area contributed by atoms with E-state index in [0.29, 0.717) is 6.54 Å². The van der Waals surface area contributed by atoms with Crippen molar-refractivity contribution in [2.24, 2.45) is 0 Å². The van der Waals surface area contributed by atoms with Crippen LogP contribution in [0.4, 0.5) is 17.1 Å². The van der Waals surface area contributed by atoms with Crippen molar-refractivity contribution in [3.05, 3.63) is 52.5 Å². The van der Waals surface area contributed by atoms with E-state index in [1.54, 1.807) is 0 Å². The van der Waals surface area contributed by atoms with Gasteiger partial charge in [0, 0.05) is 30.8 Å². The van der Waals surface area contributed by atoms with Gasteiger partial charge in [0.05, 0.1) is 11.4 Å². The third-order valence-corrected chi connectivity index (χ3v) is 3.46. The predicted molar refractivity (Wildman–Crippen MR) is 86.7 cm³/mol. The first-order chi connectivity index (χ1) is 9.08. The van der Waals surface area contributed by atoms with Crippen LogP contribution in [0.1, 0.15) is 5.56 Å². The van der Waals surface area contributed by atoms with Crippen LogP contribution in [-0.4, -0.2) is 14.1 Å². The number of nitrogens with zero attached hydrogens (tertiary/aromatic N) is 1. The Morgan fingerprint density at radius 3 is 2.58 bits per heavy atom. The molecule has 0 fully saturated rings. The Kier molecular flexibility index (Phi) is 4.32. The van der Waals surface area contributed by atoms with E-state index >= 15 is 0 Å². The van der Waals surface area contributed by atoms with Gasteiger partial charge in [-0.25, -0.2) is 0 Å². The van der Waals surface area contributed by atoms with Crippen LogP contribution in [0.3, 0.4) is 0 Å². The molecule has 0 radical (unpaired) electrons. The summed E-state index contributed by atoms with van der Waals surface area (Å²) in [5, 5.41) is 3.44. The smallest absolute Gasteiger partial charge is 0.0597 e. The number of anilines is 3. The van der Waals surface area contributed by atoms with Crippen LogP contribution in [0.25, 0.3) is 0 Å². The number of para-hydroxylation sites is 1. The molecule has 2 aromatic carbocycles. The van der Waals surface area contributed by atoms with Crippen LogP contribution in [0.5, 0.6) is 0 Å². The van der Waals surface area contributed by atoms with E-state index in [1.165, 1.54) is 0 Å². The van der Waals surface area contributed by atoms with Gasteiger partial charge in [0.1, 0.15) is 0 Å². The maximum Gasteiger partial charge on any atom is 0.0597 e. The van der Waals surface area contributed by atoms with Gasteiger partial charge in [0.15, 0.2) is 0 Å².